The monoisotopic (exact) mass is 485 g/mol. The van der Waals surface area contributed by atoms with Crippen LogP contribution in [-0.4, -0.2) is 47.7 Å². The molecular weight excluding hydrogens is 462 g/mol. The van der Waals surface area contributed by atoms with Gasteiger partial charge in [-0.15, -0.1) is 0 Å². The molecule has 1 heterocycles. The minimum Gasteiger partial charge on any atom is -0.497 e. The molecule has 9 heteroatoms. The molecule has 0 amide bonds. The van der Waals surface area contributed by atoms with E-state index in [-0.39, 0.29) is 10.9 Å². The molecule has 1 saturated heterocycles. The number of ether oxygens (including phenoxy) is 4. The quantitative estimate of drug-likeness (QED) is 0.589. The highest BCUT2D eigenvalue weighted by Crippen LogP contribution is 2.44. The Morgan fingerprint density at radius 1 is 0.931 bits per heavy atom. The van der Waals surface area contributed by atoms with E-state index in [2.05, 4.69) is 15.9 Å². The lowest BCUT2D eigenvalue weighted by molar-refractivity contribution is 0.351. The van der Waals surface area contributed by atoms with Gasteiger partial charge in [0.2, 0.25) is 10.0 Å². The Balaban J connectivity index is 2.06. The average molecular weight is 486 g/mol. The molecule has 1 aliphatic heterocycles. The zero-order valence-corrected chi connectivity index (χ0v) is 19.2. The highest BCUT2D eigenvalue weighted by Gasteiger charge is 2.39. The van der Waals surface area contributed by atoms with Crippen molar-refractivity contribution in [1.29, 1.82) is 0 Å². The summed E-state index contributed by atoms with van der Waals surface area (Å²) in [5, 5.41) is 0. The molecule has 0 saturated carbocycles. The van der Waals surface area contributed by atoms with Gasteiger partial charge in [-0.05, 0) is 40.9 Å². The van der Waals surface area contributed by atoms with Crippen molar-refractivity contribution in [2.75, 3.05) is 35.0 Å². The molecule has 1 fully saturated rings. The summed E-state index contributed by atoms with van der Waals surface area (Å²) in [5.74, 6) is 2.06. The van der Waals surface area contributed by atoms with E-state index in [0.717, 1.165) is 12.0 Å². The molecule has 0 aromatic heterocycles. The predicted molar refractivity (Wildman–Crippen MR) is 113 cm³/mol. The molecule has 158 valence electrons. The molecule has 7 nitrogen and oxygen atoms in total. The van der Waals surface area contributed by atoms with Crippen LogP contribution in [0, 0.1) is 0 Å². The molecule has 1 unspecified atom stereocenters. The van der Waals surface area contributed by atoms with Gasteiger partial charge >= 0.3 is 0 Å². The van der Waals surface area contributed by atoms with E-state index in [1.54, 1.807) is 26.4 Å². The second kappa shape index (κ2) is 8.81. The number of hydrogen-bond donors (Lipinski definition) is 0. The summed E-state index contributed by atoms with van der Waals surface area (Å²) in [6, 6.07) is 8.20. The second-order valence-corrected chi connectivity index (χ2v) is 9.23. The van der Waals surface area contributed by atoms with Crippen LogP contribution in [0.5, 0.6) is 23.0 Å². The van der Waals surface area contributed by atoms with E-state index in [0.29, 0.717) is 40.4 Å². The second-order valence-electron chi connectivity index (χ2n) is 6.52. The normalized spacial score (nSPS) is 17.2. The summed E-state index contributed by atoms with van der Waals surface area (Å²) in [5.41, 5.74) is 0.811. The Kier molecular flexibility index (Phi) is 6.60. The molecule has 2 aromatic carbocycles. The standard InChI is InChI=1S/C20H24BrNO6S/c1-25-13-7-8-14(17(10-13)26-2)16-6-5-9-22(16)29(23,24)20-12-19(28-4)18(27-3)11-15(20)21/h7-8,10-12,16H,5-6,9H2,1-4H3. The van der Waals surface area contributed by atoms with Crippen LogP contribution < -0.4 is 18.9 Å². The van der Waals surface area contributed by atoms with Gasteiger partial charge in [0.05, 0.1) is 34.5 Å². The zero-order chi connectivity index (χ0) is 21.2. The summed E-state index contributed by atoms with van der Waals surface area (Å²) in [7, 11) is 2.32. The Bertz CT molecular complexity index is 995. The van der Waals surface area contributed by atoms with Crippen molar-refractivity contribution in [2.24, 2.45) is 0 Å². The summed E-state index contributed by atoms with van der Waals surface area (Å²) in [6.07, 6.45) is 1.46. The van der Waals surface area contributed by atoms with E-state index in [1.165, 1.54) is 24.6 Å². The maximum atomic E-state index is 13.6. The molecule has 1 atom stereocenters. The van der Waals surface area contributed by atoms with Gasteiger partial charge in [-0.1, -0.05) is 6.07 Å². The van der Waals surface area contributed by atoms with E-state index in [4.69, 9.17) is 18.9 Å². The van der Waals surface area contributed by atoms with Crippen molar-refractivity contribution in [3.63, 3.8) is 0 Å². The third kappa shape index (κ3) is 4.04. The third-order valence-corrected chi connectivity index (χ3v) is 7.89. The minimum atomic E-state index is -3.80. The Hall–Kier alpha value is -1.97. The van der Waals surface area contributed by atoms with Gasteiger partial charge in [0.15, 0.2) is 11.5 Å². The lowest BCUT2D eigenvalue weighted by Gasteiger charge is -2.26. The van der Waals surface area contributed by atoms with Gasteiger partial charge in [-0.2, -0.15) is 4.31 Å². The van der Waals surface area contributed by atoms with E-state index >= 15 is 0 Å². The van der Waals surface area contributed by atoms with E-state index in [9.17, 15) is 8.42 Å². The van der Waals surface area contributed by atoms with Crippen molar-refractivity contribution in [3.05, 3.63) is 40.4 Å². The lowest BCUT2D eigenvalue weighted by Crippen LogP contribution is -2.31. The maximum absolute atomic E-state index is 13.6. The van der Waals surface area contributed by atoms with Crippen LogP contribution in [0.1, 0.15) is 24.4 Å². The summed E-state index contributed by atoms with van der Waals surface area (Å²) >= 11 is 3.37. The van der Waals surface area contributed by atoms with Gasteiger partial charge in [0.1, 0.15) is 16.4 Å². The third-order valence-electron chi connectivity index (χ3n) is 5.03. The van der Waals surface area contributed by atoms with Crippen molar-refractivity contribution in [3.8, 4) is 23.0 Å². The van der Waals surface area contributed by atoms with Crippen LogP contribution in [0.4, 0.5) is 0 Å². The van der Waals surface area contributed by atoms with E-state index in [1.807, 2.05) is 12.1 Å². The summed E-state index contributed by atoms with van der Waals surface area (Å²) in [4.78, 5) is 0.134. The number of sulfonamides is 1. The Morgan fingerprint density at radius 2 is 1.59 bits per heavy atom. The van der Waals surface area contributed by atoms with Crippen molar-refractivity contribution < 1.29 is 27.4 Å². The first kappa shape index (κ1) is 21.7. The van der Waals surface area contributed by atoms with Gasteiger partial charge < -0.3 is 18.9 Å². The number of methoxy groups -OCH3 is 4. The van der Waals surface area contributed by atoms with Crippen LogP contribution >= 0.6 is 15.9 Å². The lowest BCUT2D eigenvalue weighted by atomic mass is 10.0. The van der Waals surface area contributed by atoms with Crippen molar-refractivity contribution in [2.45, 2.75) is 23.8 Å². The number of benzene rings is 2. The molecule has 2 aromatic rings. The maximum Gasteiger partial charge on any atom is 0.244 e. The van der Waals surface area contributed by atoms with Crippen molar-refractivity contribution in [1.82, 2.24) is 4.31 Å². The van der Waals surface area contributed by atoms with Crippen LogP contribution in [0.2, 0.25) is 0 Å². The first-order valence-electron chi connectivity index (χ1n) is 9.02. The molecular formula is C20H24BrNO6S. The number of halogens is 1. The number of nitrogens with zero attached hydrogens (tertiary/aromatic N) is 1. The van der Waals surface area contributed by atoms with Crippen LogP contribution in [0.25, 0.3) is 0 Å². The SMILES string of the molecule is COc1ccc(C2CCCN2S(=O)(=O)c2cc(OC)c(OC)cc2Br)c(OC)c1. The topological polar surface area (TPSA) is 74.3 Å². The Labute approximate surface area is 179 Å². The molecule has 0 radical (unpaired) electrons. The van der Waals surface area contributed by atoms with Crippen LogP contribution in [0.3, 0.4) is 0 Å². The number of hydrogen-bond acceptors (Lipinski definition) is 6. The fourth-order valence-electron chi connectivity index (χ4n) is 3.59. The largest absolute Gasteiger partial charge is 0.497 e. The predicted octanol–water partition coefficient (Wildman–Crippen LogP) is 4.01. The van der Waals surface area contributed by atoms with Gasteiger partial charge in [-0.25, -0.2) is 8.42 Å². The van der Waals surface area contributed by atoms with Gasteiger partial charge in [0, 0.05) is 28.7 Å². The number of rotatable bonds is 7. The highest BCUT2D eigenvalue weighted by atomic mass is 79.9. The summed E-state index contributed by atoms with van der Waals surface area (Å²) < 4.78 is 50.4. The molecule has 0 aliphatic carbocycles. The van der Waals surface area contributed by atoms with Crippen molar-refractivity contribution >= 4 is 26.0 Å². The molecule has 1 aliphatic rings. The van der Waals surface area contributed by atoms with Crippen LogP contribution in [0.15, 0.2) is 39.7 Å². The van der Waals surface area contributed by atoms with Gasteiger partial charge in [-0.3, -0.25) is 0 Å². The molecule has 0 bridgehead atoms. The fourth-order valence-corrected chi connectivity index (χ4v) is 6.27. The Morgan fingerprint density at radius 3 is 2.21 bits per heavy atom. The van der Waals surface area contributed by atoms with E-state index < -0.39 is 10.0 Å². The zero-order valence-electron chi connectivity index (χ0n) is 16.8. The first-order chi connectivity index (χ1) is 13.9. The molecule has 3 rings (SSSR count). The minimum absolute atomic E-state index is 0.134. The molecule has 0 spiro atoms. The smallest absolute Gasteiger partial charge is 0.244 e. The van der Waals surface area contributed by atoms with Crippen LogP contribution in [-0.2, 0) is 10.0 Å². The first-order valence-corrected chi connectivity index (χ1v) is 11.3. The average Bonchev–Trinajstić information content (AvgIpc) is 3.23. The molecule has 29 heavy (non-hydrogen) atoms. The summed E-state index contributed by atoms with van der Waals surface area (Å²) in [6.45, 7) is 0.420. The highest BCUT2D eigenvalue weighted by molar-refractivity contribution is 9.10. The fraction of sp³-hybridized carbons (Fsp3) is 0.400. The van der Waals surface area contributed by atoms with Gasteiger partial charge in [0.25, 0.3) is 0 Å². The molecule has 0 N–H and O–H groups in total.